The molecule has 5 heterocycles. The quantitative estimate of drug-likeness (QED) is 0.283. The Kier molecular flexibility index (Phi) is 5.80. The minimum atomic E-state index is -3.71. The van der Waals surface area contributed by atoms with Gasteiger partial charge in [0.2, 0.25) is 15.9 Å². The fourth-order valence-corrected chi connectivity index (χ4v) is 5.83. The summed E-state index contributed by atoms with van der Waals surface area (Å²) in [5.41, 5.74) is 3.35. The molecule has 0 spiro atoms. The molecule has 1 amide bonds. The van der Waals surface area contributed by atoms with Crippen molar-refractivity contribution in [2.45, 2.75) is 13.7 Å². The second-order valence-corrected chi connectivity index (χ2v) is 11.7. The standard InChI is InChI=1S/C29H23FN6O5S/c1-3-42(38,39)34-21-13-25-18(26(28(37)31-2)29(41-25)35-10-9-32-14-35)11-17(21)20-7-8-24-27(33-20)23-12-16-19(30)5-4-6-22(16)36(23)15-40-24/h4-14,34H,3,15H2,1-2H3,(H,31,37). The van der Waals surface area contributed by atoms with E-state index in [1.165, 1.54) is 32.4 Å². The molecular formula is C29H23FN6O5S. The van der Waals surface area contributed by atoms with E-state index in [1.807, 2.05) is 10.6 Å². The number of carbonyl (C=O) groups is 1. The van der Waals surface area contributed by atoms with Crippen molar-refractivity contribution in [1.82, 2.24) is 24.4 Å². The Balaban J connectivity index is 1.48. The first-order valence-corrected chi connectivity index (χ1v) is 14.7. The van der Waals surface area contributed by atoms with Crippen LogP contribution in [0.5, 0.6) is 5.75 Å². The van der Waals surface area contributed by atoms with Crippen LogP contribution in [0.25, 0.3) is 50.4 Å². The Morgan fingerprint density at radius 2 is 2.00 bits per heavy atom. The third kappa shape index (κ3) is 4.00. The lowest BCUT2D eigenvalue weighted by molar-refractivity contribution is 0.0964. The first-order valence-electron chi connectivity index (χ1n) is 13.0. The summed E-state index contributed by atoms with van der Waals surface area (Å²) in [7, 11) is -2.20. The van der Waals surface area contributed by atoms with Crippen LogP contribution < -0.4 is 14.8 Å². The zero-order valence-electron chi connectivity index (χ0n) is 22.4. The number of amides is 1. The fourth-order valence-electron chi connectivity index (χ4n) is 5.19. The topological polar surface area (TPSA) is 133 Å². The van der Waals surface area contributed by atoms with Gasteiger partial charge in [-0.15, -0.1) is 0 Å². The van der Waals surface area contributed by atoms with Crippen molar-refractivity contribution < 1.29 is 26.8 Å². The van der Waals surface area contributed by atoms with Crippen LogP contribution in [0.1, 0.15) is 17.3 Å². The normalized spacial score (nSPS) is 12.6. The molecule has 0 radical (unpaired) electrons. The highest BCUT2D eigenvalue weighted by atomic mass is 32.2. The number of furan rings is 1. The molecule has 0 bridgehead atoms. The lowest BCUT2D eigenvalue weighted by atomic mass is 10.0. The molecule has 2 aromatic carbocycles. The first kappa shape index (κ1) is 25.8. The van der Waals surface area contributed by atoms with Crippen LogP contribution in [0.3, 0.4) is 0 Å². The number of carbonyl (C=O) groups excluding carboxylic acids is 1. The summed E-state index contributed by atoms with van der Waals surface area (Å²) in [6.45, 7) is 1.71. The molecule has 2 N–H and O–H groups in total. The highest BCUT2D eigenvalue weighted by Crippen LogP contribution is 2.42. The van der Waals surface area contributed by atoms with E-state index in [2.05, 4.69) is 15.0 Å². The molecule has 13 heteroatoms. The average Bonchev–Trinajstić information content (AvgIpc) is 3.74. The summed E-state index contributed by atoms with van der Waals surface area (Å²) in [6.07, 6.45) is 4.69. The van der Waals surface area contributed by atoms with Gasteiger partial charge in [-0.3, -0.25) is 14.1 Å². The van der Waals surface area contributed by atoms with E-state index >= 15 is 0 Å². The molecule has 212 valence electrons. The fraction of sp³-hybridized carbons (Fsp3) is 0.138. The number of halogens is 1. The predicted octanol–water partition coefficient (Wildman–Crippen LogP) is 4.91. The molecule has 0 atom stereocenters. The summed E-state index contributed by atoms with van der Waals surface area (Å²) in [6, 6.07) is 13.2. The van der Waals surface area contributed by atoms with Gasteiger partial charge in [0.15, 0.2) is 6.73 Å². The van der Waals surface area contributed by atoms with E-state index in [-0.39, 0.29) is 41.0 Å². The molecule has 0 fully saturated rings. The largest absolute Gasteiger partial charge is 0.470 e. The number of benzene rings is 2. The summed E-state index contributed by atoms with van der Waals surface area (Å²) in [4.78, 5) is 22.0. The maximum atomic E-state index is 14.6. The van der Waals surface area contributed by atoms with Crippen molar-refractivity contribution in [1.29, 1.82) is 0 Å². The number of hydrogen-bond acceptors (Lipinski definition) is 7. The average molecular weight is 587 g/mol. The molecule has 0 aliphatic carbocycles. The van der Waals surface area contributed by atoms with Crippen LogP contribution in [0.2, 0.25) is 0 Å². The van der Waals surface area contributed by atoms with Crippen LogP contribution in [-0.2, 0) is 16.8 Å². The number of fused-ring (bicyclic) bond motifs is 6. The molecule has 0 saturated heterocycles. The van der Waals surface area contributed by atoms with Crippen molar-refractivity contribution >= 4 is 43.5 Å². The summed E-state index contributed by atoms with van der Waals surface area (Å²) >= 11 is 0. The van der Waals surface area contributed by atoms with Gasteiger partial charge >= 0.3 is 0 Å². The zero-order chi connectivity index (χ0) is 29.2. The Morgan fingerprint density at radius 1 is 1.14 bits per heavy atom. The Hall–Kier alpha value is -5.17. The maximum absolute atomic E-state index is 14.6. The van der Waals surface area contributed by atoms with E-state index in [0.717, 1.165) is 0 Å². The molecule has 0 saturated carbocycles. The van der Waals surface area contributed by atoms with Crippen LogP contribution in [0.4, 0.5) is 10.1 Å². The van der Waals surface area contributed by atoms with E-state index in [0.29, 0.717) is 44.7 Å². The summed E-state index contributed by atoms with van der Waals surface area (Å²) < 4.78 is 58.1. The number of nitrogens with zero attached hydrogens (tertiary/aromatic N) is 4. The van der Waals surface area contributed by atoms with Crippen LogP contribution in [0, 0.1) is 5.82 Å². The molecule has 1 aliphatic heterocycles. The minimum absolute atomic E-state index is 0.163. The summed E-state index contributed by atoms with van der Waals surface area (Å²) in [5, 5.41) is 3.53. The van der Waals surface area contributed by atoms with E-state index in [4.69, 9.17) is 14.1 Å². The van der Waals surface area contributed by atoms with Crippen molar-refractivity contribution in [3.63, 3.8) is 0 Å². The van der Waals surface area contributed by atoms with Gasteiger partial charge in [0.05, 0.1) is 28.3 Å². The molecular weight excluding hydrogens is 563 g/mol. The number of rotatable bonds is 6. The first-order chi connectivity index (χ1) is 20.3. The van der Waals surface area contributed by atoms with E-state index < -0.39 is 15.9 Å². The highest BCUT2D eigenvalue weighted by Gasteiger charge is 2.27. The second kappa shape index (κ2) is 9.45. The van der Waals surface area contributed by atoms with E-state index in [1.54, 1.807) is 47.3 Å². The van der Waals surface area contributed by atoms with Gasteiger partial charge < -0.3 is 19.0 Å². The van der Waals surface area contributed by atoms with Gasteiger partial charge in [0.1, 0.15) is 34.7 Å². The van der Waals surface area contributed by atoms with Crippen LogP contribution in [-0.4, -0.2) is 46.2 Å². The monoisotopic (exact) mass is 586 g/mol. The lowest BCUT2D eigenvalue weighted by Gasteiger charge is -2.21. The zero-order valence-corrected chi connectivity index (χ0v) is 23.2. The van der Waals surface area contributed by atoms with E-state index in [9.17, 15) is 17.6 Å². The summed E-state index contributed by atoms with van der Waals surface area (Å²) in [5.74, 6) is -0.193. The van der Waals surface area contributed by atoms with Gasteiger partial charge in [-0.2, -0.15) is 0 Å². The molecule has 6 aromatic rings. The van der Waals surface area contributed by atoms with Crippen molar-refractivity contribution in [2.24, 2.45) is 0 Å². The Bertz CT molecular complexity index is 2150. The Morgan fingerprint density at radius 3 is 2.76 bits per heavy atom. The number of sulfonamides is 1. The lowest BCUT2D eigenvalue weighted by Crippen LogP contribution is -2.19. The van der Waals surface area contributed by atoms with Gasteiger partial charge in [-0.1, -0.05) is 6.07 Å². The van der Waals surface area contributed by atoms with Crippen LogP contribution in [0.15, 0.2) is 71.7 Å². The number of pyridine rings is 1. The minimum Gasteiger partial charge on any atom is -0.470 e. The number of anilines is 1. The van der Waals surface area contributed by atoms with Crippen molar-refractivity contribution in [3.05, 3.63) is 78.6 Å². The third-order valence-electron chi connectivity index (χ3n) is 7.27. The smallest absolute Gasteiger partial charge is 0.257 e. The maximum Gasteiger partial charge on any atom is 0.257 e. The van der Waals surface area contributed by atoms with Gasteiger partial charge in [-0.05, 0) is 43.3 Å². The number of ether oxygens (including phenoxy) is 1. The van der Waals surface area contributed by atoms with Crippen molar-refractivity contribution in [2.75, 3.05) is 17.5 Å². The predicted molar refractivity (Wildman–Crippen MR) is 155 cm³/mol. The number of hydrogen-bond donors (Lipinski definition) is 2. The molecule has 4 aromatic heterocycles. The number of imidazole rings is 1. The van der Waals surface area contributed by atoms with Gasteiger partial charge in [0, 0.05) is 41.8 Å². The van der Waals surface area contributed by atoms with Gasteiger partial charge in [-0.25, -0.2) is 22.8 Å². The van der Waals surface area contributed by atoms with Crippen LogP contribution >= 0.6 is 0 Å². The molecule has 42 heavy (non-hydrogen) atoms. The second-order valence-electron chi connectivity index (χ2n) is 9.68. The molecule has 1 aliphatic rings. The van der Waals surface area contributed by atoms with Gasteiger partial charge in [0.25, 0.3) is 5.91 Å². The Labute approximate surface area is 238 Å². The SMILES string of the molecule is CCS(=O)(=O)Nc1cc2oc(-n3ccnc3)c(C(=O)NC)c2cc1-c1ccc2c(n1)-c1cc3c(F)cccc3n1CO2. The molecule has 11 nitrogen and oxygen atoms in total. The molecule has 0 unspecified atom stereocenters. The van der Waals surface area contributed by atoms with Crippen molar-refractivity contribution in [3.8, 4) is 34.3 Å². The third-order valence-corrected chi connectivity index (χ3v) is 8.56. The highest BCUT2D eigenvalue weighted by molar-refractivity contribution is 7.92. The number of aromatic nitrogens is 4. The number of nitrogens with one attached hydrogen (secondary N) is 2. The molecule has 7 rings (SSSR count).